The molecule has 0 aliphatic rings. The Morgan fingerprint density at radius 2 is 1.20 bits per heavy atom. The van der Waals surface area contributed by atoms with E-state index in [1.807, 2.05) is 84.9 Å². The maximum absolute atomic E-state index is 11.9. The Kier molecular flexibility index (Phi) is 4.04. The smallest absolute Gasteiger partial charge is 0.140 e. The van der Waals surface area contributed by atoms with E-state index in [1.54, 1.807) is 0 Å². The second-order valence-corrected chi connectivity index (χ2v) is 6.59. The Morgan fingerprint density at radius 3 is 1.96 bits per heavy atom. The van der Waals surface area contributed by atoms with Gasteiger partial charge in [-0.25, -0.2) is 0 Å². The molecule has 0 aliphatic heterocycles. The topological polar surface area (TPSA) is 20.2 Å². The van der Waals surface area contributed by atoms with Crippen LogP contribution in [0.25, 0.3) is 10.8 Å². The summed E-state index contributed by atoms with van der Waals surface area (Å²) in [5.74, 6) is 0. The highest BCUT2D eigenvalue weighted by Crippen LogP contribution is 2.38. The van der Waals surface area contributed by atoms with Crippen LogP contribution in [0.3, 0.4) is 0 Å². The van der Waals surface area contributed by atoms with Crippen molar-refractivity contribution < 1.29 is 5.11 Å². The summed E-state index contributed by atoms with van der Waals surface area (Å²) in [6.07, 6.45) is 0. The molecule has 0 bridgehead atoms. The summed E-state index contributed by atoms with van der Waals surface area (Å²) >= 11 is 6.21. The number of aliphatic hydroxyl groups is 1. The van der Waals surface area contributed by atoms with E-state index in [2.05, 4.69) is 12.1 Å². The second kappa shape index (κ2) is 6.36. The third-order valence-corrected chi connectivity index (χ3v) is 4.84. The Bertz CT molecular complexity index is 1030. The quantitative estimate of drug-likeness (QED) is 0.467. The molecule has 122 valence electrons. The average Bonchev–Trinajstić information content (AvgIpc) is 2.67. The van der Waals surface area contributed by atoms with Crippen molar-refractivity contribution in [2.75, 3.05) is 0 Å². The predicted molar refractivity (Wildman–Crippen MR) is 104 cm³/mol. The van der Waals surface area contributed by atoms with Gasteiger partial charge in [0.25, 0.3) is 0 Å². The summed E-state index contributed by atoms with van der Waals surface area (Å²) < 4.78 is 0. The first-order valence-corrected chi connectivity index (χ1v) is 8.59. The fraction of sp³-hybridized carbons (Fsp3) is 0.0435. The molecule has 1 nitrogen and oxygen atoms in total. The van der Waals surface area contributed by atoms with Gasteiger partial charge in [0.1, 0.15) is 5.60 Å². The zero-order chi connectivity index (χ0) is 17.3. The van der Waals surface area contributed by atoms with Crippen molar-refractivity contribution in [2.45, 2.75) is 5.60 Å². The second-order valence-electron chi connectivity index (χ2n) is 6.15. The van der Waals surface area contributed by atoms with Crippen molar-refractivity contribution in [3.05, 3.63) is 119 Å². The Labute approximate surface area is 152 Å². The fourth-order valence-electron chi connectivity index (χ4n) is 3.31. The van der Waals surface area contributed by atoms with E-state index in [-0.39, 0.29) is 0 Å². The minimum absolute atomic E-state index is 0.604. The van der Waals surface area contributed by atoms with Crippen molar-refractivity contribution in [2.24, 2.45) is 0 Å². The standard InChI is InChI=1S/C23H17ClO/c24-22-12-6-11-20(16-22)23(25,19-9-2-1-3-10-19)21-14-13-17-7-4-5-8-18(17)15-21/h1-16,25H. The first-order chi connectivity index (χ1) is 12.2. The number of hydrogen-bond donors (Lipinski definition) is 1. The van der Waals surface area contributed by atoms with E-state index in [9.17, 15) is 5.11 Å². The molecule has 4 aromatic rings. The van der Waals surface area contributed by atoms with Gasteiger partial charge < -0.3 is 5.11 Å². The molecule has 0 radical (unpaired) electrons. The third kappa shape index (κ3) is 2.82. The van der Waals surface area contributed by atoms with Crippen molar-refractivity contribution in [3.63, 3.8) is 0 Å². The molecule has 0 aromatic heterocycles. The molecule has 0 heterocycles. The van der Waals surface area contributed by atoms with Crippen molar-refractivity contribution >= 4 is 22.4 Å². The first-order valence-electron chi connectivity index (χ1n) is 8.21. The average molecular weight is 345 g/mol. The summed E-state index contributed by atoms with van der Waals surface area (Å²) in [6, 6.07) is 31.3. The van der Waals surface area contributed by atoms with Crippen molar-refractivity contribution in [1.82, 2.24) is 0 Å². The molecule has 0 spiro atoms. The summed E-state index contributed by atoms with van der Waals surface area (Å²) in [6.45, 7) is 0. The molecular formula is C23H17ClO. The van der Waals surface area contributed by atoms with Gasteiger partial charge in [0.15, 0.2) is 0 Å². The third-order valence-electron chi connectivity index (χ3n) is 4.60. The van der Waals surface area contributed by atoms with Crippen LogP contribution >= 0.6 is 11.6 Å². The normalized spacial score (nSPS) is 13.5. The predicted octanol–water partition coefficient (Wildman–Crippen LogP) is 5.78. The number of benzene rings is 4. The summed E-state index contributed by atoms with van der Waals surface area (Å²) in [5, 5.41) is 14.7. The molecule has 4 rings (SSSR count). The van der Waals surface area contributed by atoms with E-state index in [1.165, 1.54) is 0 Å². The lowest BCUT2D eigenvalue weighted by Gasteiger charge is -2.30. The van der Waals surface area contributed by atoms with Crippen molar-refractivity contribution in [1.29, 1.82) is 0 Å². The van der Waals surface area contributed by atoms with Crippen LogP contribution in [0.4, 0.5) is 0 Å². The summed E-state index contributed by atoms with van der Waals surface area (Å²) in [4.78, 5) is 0. The van der Waals surface area contributed by atoms with E-state index < -0.39 is 5.60 Å². The molecule has 1 N–H and O–H groups in total. The minimum atomic E-state index is -1.27. The zero-order valence-corrected chi connectivity index (χ0v) is 14.3. The van der Waals surface area contributed by atoms with Gasteiger partial charge in [-0.2, -0.15) is 0 Å². The zero-order valence-electron chi connectivity index (χ0n) is 13.6. The first kappa shape index (κ1) is 15.9. The van der Waals surface area contributed by atoms with Gasteiger partial charge >= 0.3 is 0 Å². The molecular weight excluding hydrogens is 328 g/mol. The van der Waals surface area contributed by atoms with Crippen LogP contribution in [0.2, 0.25) is 5.02 Å². The Balaban J connectivity index is 1.99. The molecule has 0 fully saturated rings. The largest absolute Gasteiger partial charge is 0.376 e. The van der Waals surface area contributed by atoms with Crippen LogP contribution in [-0.4, -0.2) is 5.11 Å². The SMILES string of the molecule is OC(c1ccccc1)(c1cccc(Cl)c1)c1ccc2ccccc2c1. The van der Waals surface area contributed by atoms with E-state index in [0.717, 1.165) is 27.5 Å². The highest BCUT2D eigenvalue weighted by molar-refractivity contribution is 6.30. The van der Waals surface area contributed by atoms with Gasteiger partial charge in [-0.05, 0) is 45.7 Å². The Morgan fingerprint density at radius 1 is 0.560 bits per heavy atom. The lowest BCUT2D eigenvalue weighted by molar-refractivity contribution is 0.126. The lowest BCUT2D eigenvalue weighted by atomic mass is 9.80. The number of halogens is 1. The highest BCUT2D eigenvalue weighted by atomic mass is 35.5. The van der Waals surface area contributed by atoms with Gasteiger partial charge in [-0.3, -0.25) is 0 Å². The van der Waals surface area contributed by atoms with E-state index in [0.29, 0.717) is 5.02 Å². The van der Waals surface area contributed by atoms with Crippen molar-refractivity contribution in [3.8, 4) is 0 Å². The summed E-state index contributed by atoms with van der Waals surface area (Å²) in [7, 11) is 0. The van der Waals surface area contributed by atoms with Gasteiger partial charge in [-0.1, -0.05) is 90.5 Å². The monoisotopic (exact) mass is 344 g/mol. The van der Waals surface area contributed by atoms with Crippen LogP contribution in [0, 0.1) is 0 Å². The molecule has 1 unspecified atom stereocenters. The highest BCUT2D eigenvalue weighted by Gasteiger charge is 2.34. The number of rotatable bonds is 3. The maximum Gasteiger partial charge on any atom is 0.140 e. The molecule has 0 saturated heterocycles. The van der Waals surface area contributed by atoms with Crippen LogP contribution in [0.5, 0.6) is 0 Å². The van der Waals surface area contributed by atoms with Crippen LogP contribution < -0.4 is 0 Å². The van der Waals surface area contributed by atoms with Gasteiger partial charge in [0.2, 0.25) is 0 Å². The molecule has 1 atom stereocenters. The van der Waals surface area contributed by atoms with E-state index in [4.69, 9.17) is 11.6 Å². The molecule has 2 heteroatoms. The van der Waals surface area contributed by atoms with Crippen LogP contribution in [0.15, 0.2) is 97.1 Å². The molecule has 0 amide bonds. The molecule has 0 saturated carbocycles. The number of fused-ring (bicyclic) bond motifs is 1. The van der Waals surface area contributed by atoms with Gasteiger partial charge in [0, 0.05) is 5.02 Å². The minimum Gasteiger partial charge on any atom is -0.376 e. The summed E-state index contributed by atoms with van der Waals surface area (Å²) in [5.41, 5.74) is 1.12. The van der Waals surface area contributed by atoms with E-state index >= 15 is 0 Å². The molecule has 25 heavy (non-hydrogen) atoms. The fourth-order valence-corrected chi connectivity index (χ4v) is 3.50. The van der Waals surface area contributed by atoms with Crippen LogP contribution in [0.1, 0.15) is 16.7 Å². The van der Waals surface area contributed by atoms with Gasteiger partial charge in [0.05, 0.1) is 0 Å². The van der Waals surface area contributed by atoms with Crippen LogP contribution in [-0.2, 0) is 5.60 Å². The molecule has 0 aliphatic carbocycles. The number of hydrogen-bond acceptors (Lipinski definition) is 1. The Hall–Kier alpha value is -2.61. The lowest BCUT2D eigenvalue weighted by Crippen LogP contribution is -2.28. The van der Waals surface area contributed by atoms with Gasteiger partial charge in [-0.15, -0.1) is 0 Å². The molecule has 4 aromatic carbocycles. The maximum atomic E-state index is 11.9.